The highest BCUT2D eigenvalue weighted by atomic mass is 16.7. The topological polar surface area (TPSA) is 317 Å². The van der Waals surface area contributed by atoms with E-state index >= 15 is 0 Å². The summed E-state index contributed by atoms with van der Waals surface area (Å²) in [5.41, 5.74) is 8.65. The number of carbonyl (C=O) groups is 3. The highest BCUT2D eigenvalue weighted by Gasteiger charge is 2.19. The van der Waals surface area contributed by atoms with Gasteiger partial charge in [-0.15, -0.1) is 0 Å². The first-order valence-corrected chi connectivity index (χ1v) is 28.1. The Morgan fingerprint density at radius 3 is 1.51 bits per heavy atom. The second-order valence-corrected chi connectivity index (χ2v) is 19.9. The van der Waals surface area contributed by atoms with Crippen molar-refractivity contribution < 1.29 is 128 Å². The average Bonchev–Trinajstić information content (AvgIpc) is 1.23. The van der Waals surface area contributed by atoms with Gasteiger partial charge in [-0.1, -0.05) is 30.3 Å². The van der Waals surface area contributed by atoms with Crippen molar-refractivity contribution in [2.24, 2.45) is 5.73 Å². The molecule has 1 amide bonds. The number of nitro groups is 1. The Morgan fingerprint density at radius 2 is 1.03 bits per heavy atom. The maximum atomic E-state index is 11.3. The van der Waals surface area contributed by atoms with Crippen LogP contribution in [-0.2, 0) is 30.4 Å². The first-order chi connectivity index (χ1) is 56.0. The molecular weight excluding hydrogens is 1230 g/mol. The molecule has 0 radical (unpaired) electrons. The van der Waals surface area contributed by atoms with E-state index in [9.17, 15) is 24.5 Å². The number of benzene rings is 7. The smallest absolute Gasteiger partial charge is 0.407 e. The Kier molecular flexibility index (Phi) is 16.4. The van der Waals surface area contributed by atoms with Gasteiger partial charge in [0.15, 0.2) is 80.5 Å². The lowest BCUT2D eigenvalue weighted by molar-refractivity contribution is -0.422. The van der Waals surface area contributed by atoms with Crippen LogP contribution in [0, 0.1) is 10.1 Å². The van der Waals surface area contributed by atoms with E-state index < -0.39 is 120 Å². The number of phenolic OH excluding ortho intramolecular Hbond substituents is 2. The minimum absolute atomic E-state index is 0.00752. The van der Waals surface area contributed by atoms with Gasteiger partial charge in [0.2, 0.25) is 46.2 Å². The van der Waals surface area contributed by atoms with Gasteiger partial charge in [0.25, 0.3) is 0 Å². The van der Waals surface area contributed by atoms with Gasteiger partial charge < -0.3 is 93.5 Å². The van der Waals surface area contributed by atoms with Gasteiger partial charge in [-0.3, -0.25) is 19.7 Å². The van der Waals surface area contributed by atoms with E-state index in [0.29, 0.717) is 89.0 Å². The van der Waals surface area contributed by atoms with Crippen molar-refractivity contribution in [1.29, 1.82) is 0 Å². The van der Waals surface area contributed by atoms with E-state index in [1.807, 2.05) is 26.0 Å². The number of ether oxygens (including phenoxy) is 13. The number of nitrogens with zero attached hydrogens (tertiary/aromatic N) is 1. The fraction of sp³-hybridized carbons (Fsp3) is 0.329. The van der Waals surface area contributed by atoms with Crippen LogP contribution in [0.2, 0.25) is 0 Å². The quantitative estimate of drug-likeness (QED) is 0.0227. The molecule has 0 saturated heterocycles. The lowest BCUT2D eigenvalue weighted by atomic mass is 10.1. The number of aldehydes is 2. The highest BCUT2D eigenvalue weighted by molar-refractivity contribution is 5.77. The average molecular weight is 1340 g/mol. The van der Waals surface area contributed by atoms with Gasteiger partial charge in [-0.2, -0.15) is 0 Å². The minimum atomic E-state index is -3.59. The number of fused-ring (bicyclic) bond motifs is 6. The predicted molar refractivity (Wildman–Crippen MR) is 352 cm³/mol. The van der Waals surface area contributed by atoms with Crippen LogP contribution in [0.25, 0.3) is 6.08 Å². The molecule has 25 heteroatoms. The van der Waals surface area contributed by atoms with E-state index in [0.717, 1.165) is 23.1 Å². The molecule has 0 aliphatic carbocycles. The molecule has 0 bridgehead atoms. The van der Waals surface area contributed by atoms with E-state index in [1.54, 1.807) is 62.4 Å². The molecule has 4 atom stereocenters. The van der Waals surface area contributed by atoms with Crippen molar-refractivity contribution in [2.45, 2.75) is 91.2 Å². The Morgan fingerprint density at radius 1 is 0.600 bits per heavy atom. The van der Waals surface area contributed by atoms with Crippen LogP contribution in [0.3, 0.4) is 0 Å². The number of nitrogens with two attached hydrogens (primary N) is 1. The van der Waals surface area contributed by atoms with E-state index in [-0.39, 0.29) is 52.6 Å². The lowest BCUT2D eigenvalue weighted by Crippen LogP contribution is -2.34. The molecule has 0 fully saturated rings. The number of allylic oxidation sites excluding steroid dienone is 1. The minimum Gasteiger partial charge on any atom is -0.504 e. The molecule has 25 nitrogen and oxygen atoms in total. The molecule has 95 heavy (non-hydrogen) atoms. The maximum Gasteiger partial charge on any atom is 0.407 e. The second-order valence-electron chi connectivity index (χ2n) is 19.9. The van der Waals surface area contributed by atoms with Crippen LogP contribution in [0.15, 0.2) is 133 Å². The number of carbonyl (C=O) groups excluding carboxylic acids is 3. The van der Waals surface area contributed by atoms with Crippen molar-refractivity contribution in [3.05, 3.63) is 182 Å². The largest absolute Gasteiger partial charge is 0.504 e. The van der Waals surface area contributed by atoms with Gasteiger partial charge in [-0.05, 0) is 199 Å². The molecule has 6 aliphatic rings. The van der Waals surface area contributed by atoms with E-state index in [2.05, 4.69) is 15.4 Å². The third-order valence-corrected chi connectivity index (χ3v) is 12.3. The van der Waals surface area contributed by atoms with Gasteiger partial charge in [-0.25, -0.2) is 4.79 Å². The maximum absolute atomic E-state index is 11.3. The van der Waals surface area contributed by atoms with Gasteiger partial charge in [0.05, 0.1) is 15.6 Å². The summed E-state index contributed by atoms with van der Waals surface area (Å²) in [5.74, 6) is 1.51. The van der Waals surface area contributed by atoms with Crippen LogP contribution in [-0.4, -0.2) is 119 Å². The number of amides is 1. The molecule has 6 aliphatic heterocycles. The summed E-state index contributed by atoms with van der Waals surface area (Å²) in [5, 5.41) is 34.7. The summed E-state index contributed by atoms with van der Waals surface area (Å²) in [6.45, 7) is -13.4. The first-order valence-electron chi connectivity index (χ1n) is 41.6. The predicted octanol–water partition coefficient (Wildman–Crippen LogP) is 10.7. The Balaban J connectivity index is 0.000000200. The van der Waals surface area contributed by atoms with Crippen molar-refractivity contribution in [2.75, 3.05) is 61.0 Å². The van der Waals surface area contributed by atoms with Crippen molar-refractivity contribution in [3.63, 3.8) is 0 Å². The highest BCUT2D eigenvalue weighted by Crippen LogP contribution is 2.37. The molecule has 0 aromatic heterocycles. The molecule has 0 spiro atoms. The lowest BCUT2D eigenvalue weighted by Gasteiger charge is -2.13. The summed E-state index contributed by atoms with van der Waals surface area (Å²) in [6.07, 6.45) is 0.478. The third-order valence-electron chi connectivity index (χ3n) is 12.3. The molecule has 0 saturated carbocycles. The molecule has 4 unspecified atom stereocenters. The zero-order valence-electron chi connectivity index (χ0n) is 78.0. The van der Waals surface area contributed by atoms with Crippen LogP contribution >= 0.6 is 0 Å². The molecule has 7 N–H and O–H groups in total. The number of rotatable bonds is 16. The number of hydrogen-bond donors (Lipinski definition) is 6. The molecule has 7 aromatic carbocycles. The van der Waals surface area contributed by atoms with Crippen LogP contribution in [0.4, 0.5) is 4.79 Å². The SMILES string of the molecule is O=Cc1ccc(O)c(O)c1.[2H]C([2H])([2H])NC(C)Cc1ccc2c(c1)OC([2H])([2H])O2.[2H]C1([2H])Oc2ccc(/C=C(\C)[N+](=O)[O-])cc2O1.[2H]C1([2H])Oc2ccc(C=O)cc2O1.[2H]C1([2H])Oc2ccc(CC(C)N)cc2O1.[2H]C1([2H])Oc2ccc(CC(C)NC(=O)OCC)cc2O1.[2H]c1c([2H])c(C([2H])([2H])C([2H])(NC([2H])([2H])[2H])C([2H])([2H])[2H])c([2H])c2c1OC([2H])([2H])O2. The fourth-order valence-electron chi connectivity index (χ4n) is 7.93. The zero-order valence-corrected chi connectivity index (χ0v) is 51.0. The Labute approximate surface area is 588 Å². The number of phenols is 2. The van der Waals surface area contributed by atoms with Crippen molar-refractivity contribution in [3.8, 4) is 80.5 Å². The molecular formula is C70H81N5O20. The standard InChI is InChI=1S/C13H17NO4.2C11H15NO2.C10H9NO4.C10H13NO2.C8H6O3.C7H6O3/c1-3-16-13(15)14-9(2)6-10-4-5-11-12(7-10)18-8-17-11;2*1-8(12-2)5-9-3-4-10-11(6-9)14-7-13-10;1-7(11(12)13)4-8-2-3-9-10(5-8)15-6-14-9;1-7(11)4-8-2-3-9-10(5-8)13-6-12-9;9-4-6-1-2-7-8(3-6)11-5-10-7;8-4-5-1-2-6(9)7(10)3-5/h4-5,7,9H,3,6,8H2,1-2H3,(H,14,15);2*3-4,6,8,12H,5,7H2,1-2H3;2-5H,6H2,1H3;2-3,5,7H,4,6,11H2,1H3;1-4H,5H2;1-4,9-10H/b;;;7-4+;;;/i8D2;1D3,2D3,3D,4D,5D2,6D,7D2,8D;2D3,7D2;2*6D2;5D2;. The Bertz CT molecular complexity index is 4980. The number of alkyl carbamates (subject to hydrolysis) is 1. The number of likely N-dealkylation sites (N-methyl/N-ethyl adjacent to an activating group) is 2. The monoisotopic (exact) mass is 1340 g/mol. The van der Waals surface area contributed by atoms with E-state index in [1.165, 1.54) is 66.8 Å². The van der Waals surface area contributed by atoms with Gasteiger partial charge in [0.1, 0.15) is 29.0 Å². The van der Waals surface area contributed by atoms with Crippen LogP contribution in [0.5, 0.6) is 80.5 Å². The van der Waals surface area contributed by atoms with Crippen LogP contribution < -0.4 is 78.5 Å². The summed E-state index contributed by atoms with van der Waals surface area (Å²) in [7, 11) is 0. The van der Waals surface area contributed by atoms with Gasteiger partial charge >= 0.3 is 6.09 Å². The molecule has 7 aromatic rings. The summed E-state index contributed by atoms with van der Waals surface area (Å²) >= 11 is 0. The summed E-state index contributed by atoms with van der Waals surface area (Å²) in [4.78, 5) is 41.7. The molecule has 506 valence electrons. The number of nitrogens with one attached hydrogen (secondary N) is 3. The third kappa shape index (κ3) is 22.9. The van der Waals surface area contributed by atoms with Gasteiger partial charge in [0, 0.05) is 64.7 Å². The Hall–Kier alpha value is -10.6. The zero-order chi connectivity index (χ0) is 91.8. The second kappa shape index (κ2) is 36.6. The molecule has 6 heterocycles. The number of hydrogen-bond acceptors (Lipinski definition) is 23. The van der Waals surface area contributed by atoms with Crippen molar-refractivity contribution in [1.82, 2.24) is 16.0 Å². The van der Waals surface area contributed by atoms with E-state index in [4.69, 9.17) is 110 Å². The van der Waals surface area contributed by atoms with Crippen LogP contribution in [0.1, 0.15) is 127 Å². The number of aromatic hydroxyl groups is 2. The molecule has 13 rings (SSSR count). The summed E-state index contributed by atoms with van der Waals surface area (Å²) in [6, 6.07) is 21.7. The first kappa shape index (κ1) is 42.6. The fourth-order valence-corrected chi connectivity index (χ4v) is 7.93. The van der Waals surface area contributed by atoms with Crippen molar-refractivity contribution >= 4 is 24.7 Å². The normalized spacial score (nSPS) is 22.4. The summed E-state index contributed by atoms with van der Waals surface area (Å²) < 4.78 is 265.